The summed E-state index contributed by atoms with van der Waals surface area (Å²) in [4.78, 5) is 17.1. The maximum Gasteiger partial charge on any atom is 0.253 e. The molecule has 0 unspecified atom stereocenters. The summed E-state index contributed by atoms with van der Waals surface area (Å²) < 4.78 is 7.78. The summed E-state index contributed by atoms with van der Waals surface area (Å²) >= 11 is 0. The van der Waals surface area contributed by atoms with Crippen LogP contribution in [-0.4, -0.2) is 39.8 Å². The van der Waals surface area contributed by atoms with Crippen molar-refractivity contribution in [2.24, 2.45) is 5.73 Å². The van der Waals surface area contributed by atoms with E-state index in [1.54, 1.807) is 10.6 Å². The Kier molecular flexibility index (Phi) is 4.85. The molecule has 6 N–H and O–H groups in total. The summed E-state index contributed by atoms with van der Waals surface area (Å²) in [6.07, 6.45) is 2.11. The molecule has 1 saturated carbocycles. The first-order valence-corrected chi connectivity index (χ1v) is 10.3. The molecule has 8 heteroatoms. The summed E-state index contributed by atoms with van der Waals surface area (Å²) in [7, 11) is 1.93. The first kappa shape index (κ1) is 21.0. The van der Waals surface area contributed by atoms with Crippen molar-refractivity contribution in [2.45, 2.75) is 46.1 Å². The van der Waals surface area contributed by atoms with Gasteiger partial charge in [-0.15, -0.1) is 0 Å². The van der Waals surface area contributed by atoms with Gasteiger partial charge in [-0.25, -0.2) is 0 Å². The molecular formula is C23H29N5O3. The quantitative estimate of drug-likeness (QED) is 0.483. The number of nitrogens with one attached hydrogen (secondary N) is 1. The fourth-order valence-corrected chi connectivity index (χ4v) is 4.11. The van der Waals surface area contributed by atoms with Crippen LogP contribution >= 0.6 is 0 Å². The minimum absolute atomic E-state index is 0.00199. The number of carbonyl (C=O) groups excluding carboxylic acids is 1. The van der Waals surface area contributed by atoms with Crippen molar-refractivity contribution in [3.63, 3.8) is 0 Å². The van der Waals surface area contributed by atoms with Crippen LogP contribution in [0, 0.1) is 27.7 Å². The number of rotatable bonds is 6. The molecule has 1 fully saturated rings. The Hall–Kier alpha value is -3.26. The highest BCUT2D eigenvalue weighted by molar-refractivity contribution is 6.11. The van der Waals surface area contributed by atoms with Gasteiger partial charge in [0.1, 0.15) is 18.2 Å². The molecule has 2 aromatic heterocycles. The van der Waals surface area contributed by atoms with E-state index >= 15 is 0 Å². The Labute approximate surface area is 181 Å². The van der Waals surface area contributed by atoms with E-state index in [-0.39, 0.29) is 22.7 Å². The number of hydrogen-bond acceptors (Lipinski definition) is 6. The van der Waals surface area contributed by atoms with Crippen LogP contribution in [0.5, 0.6) is 11.6 Å². The van der Waals surface area contributed by atoms with Crippen LogP contribution in [0.2, 0.25) is 0 Å². The number of nitrogen functional groups attached to an aromatic ring is 1. The van der Waals surface area contributed by atoms with Crippen LogP contribution in [0.3, 0.4) is 0 Å². The number of phenolic OH excluding ortho intramolecular Hbond substituents is 1. The van der Waals surface area contributed by atoms with Gasteiger partial charge in [0.05, 0.1) is 16.8 Å². The van der Waals surface area contributed by atoms with Gasteiger partial charge in [-0.1, -0.05) is 0 Å². The van der Waals surface area contributed by atoms with Gasteiger partial charge >= 0.3 is 0 Å². The Bertz CT molecular complexity index is 1200. The lowest BCUT2D eigenvalue weighted by Gasteiger charge is -2.18. The molecule has 0 aliphatic heterocycles. The van der Waals surface area contributed by atoms with Crippen LogP contribution in [0.4, 0.5) is 5.82 Å². The van der Waals surface area contributed by atoms with Gasteiger partial charge in [0.2, 0.25) is 5.88 Å². The summed E-state index contributed by atoms with van der Waals surface area (Å²) in [5.74, 6) is 0.191. The average Bonchev–Trinajstić information content (AvgIpc) is 3.44. The number of carbonyl (C=O) groups is 1. The number of fused-ring (bicyclic) bond motifs is 1. The number of hydrogen-bond donors (Lipinski definition) is 4. The highest BCUT2D eigenvalue weighted by atomic mass is 16.5. The van der Waals surface area contributed by atoms with E-state index in [1.807, 2.05) is 40.8 Å². The van der Waals surface area contributed by atoms with E-state index in [1.165, 1.54) is 0 Å². The topological polar surface area (TPSA) is 128 Å². The van der Waals surface area contributed by atoms with Crippen molar-refractivity contribution in [2.75, 3.05) is 19.4 Å². The normalized spacial score (nSPS) is 14.7. The third-order valence-electron chi connectivity index (χ3n) is 6.50. The third kappa shape index (κ3) is 3.27. The Morgan fingerprint density at radius 2 is 1.90 bits per heavy atom. The number of ether oxygens (including phenoxy) is 1. The van der Waals surface area contributed by atoms with Crippen LogP contribution in [-0.2, 0) is 0 Å². The number of aromatic hydroxyl groups is 1. The zero-order valence-corrected chi connectivity index (χ0v) is 18.6. The first-order chi connectivity index (χ1) is 14.6. The molecule has 4 rings (SSSR count). The van der Waals surface area contributed by atoms with Crippen molar-refractivity contribution < 1.29 is 14.6 Å². The van der Waals surface area contributed by atoms with E-state index in [0.29, 0.717) is 34.8 Å². The van der Waals surface area contributed by atoms with Crippen molar-refractivity contribution in [1.29, 1.82) is 0 Å². The maximum absolute atomic E-state index is 12.3. The van der Waals surface area contributed by atoms with Gasteiger partial charge < -0.3 is 26.6 Å². The lowest BCUT2D eigenvalue weighted by atomic mass is 10.0. The monoisotopic (exact) mass is 423 g/mol. The maximum atomic E-state index is 12.3. The summed E-state index contributed by atoms with van der Waals surface area (Å²) in [5, 5.41) is 14.3. The van der Waals surface area contributed by atoms with Crippen LogP contribution in [0.25, 0.3) is 16.7 Å². The van der Waals surface area contributed by atoms with E-state index in [9.17, 15) is 9.90 Å². The Balaban J connectivity index is 1.98. The van der Waals surface area contributed by atoms with E-state index in [4.69, 9.17) is 21.2 Å². The number of aryl methyl sites for hydroxylation is 2. The molecule has 8 nitrogen and oxygen atoms in total. The lowest BCUT2D eigenvalue weighted by Crippen LogP contribution is -2.34. The number of benzene rings is 1. The fraction of sp³-hybridized carbons (Fsp3) is 0.391. The number of amides is 1. The van der Waals surface area contributed by atoms with Gasteiger partial charge in [-0.05, 0) is 70.8 Å². The third-order valence-corrected chi connectivity index (χ3v) is 6.50. The van der Waals surface area contributed by atoms with Gasteiger partial charge in [0.25, 0.3) is 5.91 Å². The highest BCUT2D eigenvalue weighted by Gasteiger charge is 2.42. The summed E-state index contributed by atoms with van der Waals surface area (Å²) in [6.45, 7) is 8.05. The minimum Gasteiger partial charge on any atom is -0.508 e. The predicted octanol–water partition coefficient (Wildman–Crippen LogP) is 2.78. The molecule has 1 aliphatic carbocycles. The van der Waals surface area contributed by atoms with E-state index in [0.717, 1.165) is 29.5 Å². The smallest absolute Gasteiger partial charge is 0.253 e. The second-order valence-electron chi connectivity index (χ2n) is 8.57. The van der Waals surface area contributed by atoms with Crippen molar-refractivity contribution in [3.8, 4) is 17.3 Å². The number of aromatic nitrogens is 2. The average molecular weight is 424 g/mol. The molecule has 1 aromatic carbocycles. The van der Waals surface area contributed by atoms with Crippen molar-refractivity contribution >= 4 is 22.8 Å². The summed E-state index contributed by atoms with van der Waals surface area (Å²) in [5.41, 5.74) is 16.8. The number of nitrogens with zero attached hydrogens (tertiary/aromatic N) is 2. The van der Waals surface area contributed by atoms with Crippen LogP contribution in [0.1, 0.15) is 45.5 Å². The zero-order valence-electron chi connectivity index (χ0n) is 18.6. The van der Waals surface area contributed by atoms with Crippen LogP contribution < -0.4 is 21.5 Å². The zero-order chi connectivity index (χ0) is 22.7. The van der Waals surface area contributed by atoms with E-state index < -0.39 is 5.91 Å². The van der Waals surface area contributed by atoms with Crippen LogP contribution in [0.15, 0.2) is 12.1 Å². The molecule has 1 amide bonds. The molecule has 2 heterocycles. The Morgan fingerprint density at radius 1 is 1.23 bits per heavy atom. The number of likely N-dealkylation sites (N-methyl/N-ethyl adjacent to an activating group) is 1. The van der Waals surface area contributed by atoms with Gasteiger partial charge in [0, 0.05) is 16.5 Å². The fourth-order valence-electron chi connectivity index (χ4n) is 4.11. The molecule has 1 aliphatic rings. The number of nitrogens with two attached hydrogens (primary N) is 2. The molecular weight excluding hydrogens is 394 g/mol. The minimum atomic E-state index is -0.629. The second kappa shape index (κ2) is 7.16. The standard InChI is InChI=1S/C23H29N5O3/c1-11-9-16(29)14(4)18(13(11)3)28-19(24)17(20(25)30)15-8-12(2)22(27-21(15)28)31-10-23(26-5)6-7-23/h8-9,26,29H,6-7,10,24H2,1-5H3,(H2,25,30). The molecule has 164 valence electrons. The highest BCUT2D eigenvalue weighted by Crippen LogP contribution is 2.39. The van der Waals surface area contributed by atoms with Gasteiger partial charge in [0.15, 0.2) is 5.65 Å². The number of anilines is 1. The Morgan fingerprint density at radius 3 is 2.48 bits per heavy atom. The largest absolute Gasteiger partial charge is 0.508 e. The van der Waals surface area contributed by atoms with Crippen molar-refractivity contribution in [1.82, 2.24) is 14.9 Å². The summed E-state index contributed by atoms with van der Waals surface area (Å²) in [6, 6.07) is 3.55. The molecule has 0 atom stereocenters. The molecule has 3 aromatic rings. The lowest BCUT2D eigenvalue weighted by molar-refractivity contribution is 0.100. The molecule has 0 bridgehead atoms. The number of primary amides is 1. The first-order valence-electron chi connectivity index (χ1n) is 10.3. The second-order valence-corrected chi connectivity index (χ2v) is 8.57. The predicted molar refractivity (Wildman–Crippen MR) is 121 cm³/mol. The van der Waals surface area contributed by atoms with Crippen molar-refractivity contribution in [3.05, 3.63) is 39.9 Å². The number of phenols is 1. The molecule has 0 saturated heterocycles. The number of pyridine rings is 1. The molecule has 0 spiro atoms. The molecule has 31 heavy (non-hydrogen) atoms. The van der Waals surface area contributed by atoms with E-state index in [2.05, 4.69) is 5.32 Å². The SMILES string of the molecule is CNC1(COc2nc3c(cc2C)c(C(N)=O)c(N)n3-c2c(C)c(C)cc(O)c2C)CC1. The molecule has 0 radical (unpaired) electrons. The van der Waals surface area contributed by atoms with Gasteiger partial charge in [-0.2, -0.15) is 4.98 Å². The van der Waals surface area contributed by atoms with Gasteiger partial charge in [-0.3, -0.25) is 9.36 Å².